The highest BCUT2D eigenvalue weighted by atomic mass is 15.2. The van der Waals surface area contributed by atoms with E-state index in [1.165, 1.54) is 30.3 Å². The number of nitrogens with zero attached hydrogens (tertiary/aromatic N) is 2. The predicted molar refractivity (Wildman–Crippen MR) is 83.8 cm³/mol. The molecule has 2 aromatic rings. The zero-order valence-corrected chi connectivity index (χ0v) is 12.4. The van der Waals surface area contributed by atoms with Crippen molar-refractivity contribution >= 4 is 10.9 Å². The van der Waals surface area contributed by atoms with Crippen molar-refractivity contribution in [3.8, 4) is 0 Å². The van der Waals surface area contributed by atoms with E-state index in [2.05, 4.69) is 52.6 Å². The van der Waals surface area contributed by atoms with Gasteiger partial charge in [0.15, 0.2) is 0 Å². The Balaban J connectivity index is 1.75. The van der Waals surface area contributed by atoms with Crippen molar-refractivity contribution < 1.29 is 0 Å². The molecule has 20 heavy (non-hydrogen) atoms. The third kappa shape index (κ3) is 3.00. The second kappa shape index (κ2) is 5.90. The minimum Gasteiger partial charge on any atom is -0.316 e. The second-order valence-corrected chi connectivity index (χ2v) is 5.84. The average Bonchev–Trinajstić information content (AvgIpc) is 2.47. The summed E-state index contributed by atoms with van der Waals surface area (Å²) in [7, 11) is 2.07. The number of piperidine rings is 1. The molecule has 0 bridgehead atoms. The van der Waals surface area contributed by atoms with Crippen LogP contribution in [0.4, 0.5) is 0 Å². The lowest BCUT2D eigenvalue weighted by Crippen LogP contribution is -2.43. The van der Waals surface area contributed by atoms with Crippen LogP contribution in [0.2, 0.25) is 0 Å². The van der Waals surface area contributed by atoms with E-state index in [-0.39, 0.29) is 0 Å². The molecule has 3 rings (SSSR count). The van der Waals surface area contributed by atoms with Gasteiger partial charge in [-0.3, -0.25) is 9.88 Å². The molecule has 1 unspecified atom stereocenters. The van der Waals surface area contributed by atoms with E-state index in [0.29, 0.717) is 6.04 Å². The van der Waals surface area contributed by atoms with Crippen molar-refractivity contribution in [2.75, 3.05) is 20.1 Å². The van der Waals surface area contributed by atoms with Crippen molar-refractivity contribution in [2.45, 2.75) is 32.4 Å². The number of hydrogen-bond acceptors (Lipinski definition) is 3. The number of benzene rings is 1. The predicted octanol–water partition coefficient (Wildman–Crippen LogP) is 2.73. The largest absolute Gasteiger partial charge is 0.316 e. The number of likely N-dealkylation sites (tertiary alicyclic amines) is 1. The van der Waals surface area contributed by atoms with Crippen molar-refractivity contribution in [3.05, 3.63) is 41.6 Å². The highest BCUT2D eigenvalue weighted by Gasteiger charge is 2.18. The minimum absolute atomic E-state index is 0.647. The topological polar surface area (TPSA) is 28.2 Å². The van der Waals surface area contributed by atoms with Crippen LogP contribution in [0.5, 0.6) is 0 Å². The molecule has 0 radical (unpaired) electrons. The number of rotatable bonds is 3. The van der Waals surface area contributed by atoms with Crippen molar-refractivity contribution in [1.29, 1.82) is 0 Å². The van der Waals surface area contributed by atoms with Gasteiger partial charge in [-0.15, -0.1) is 0 Å². The zero-order valence-electron chi connectivity index (χ0n) is 12.4. The van der Waals surface area contributed by atoms with E-state index in [0.717, 1.165) is 24.3 Å². The maximum absolute atomic E-state index is 4.57. The quantitative estimate of drug-likeness (QED) is 0.928. The molecule has 106 valence electrons. The molecule has 1 aliphatic rings. The van der Waals surface area contributed by atoms with Crippen LogP contribution in [0.1, 0.15) is 24.1 Å². The fraction of sp³-hybridized carbons (Fsp3) is 0.471. The van der Waals surface area contributed by atoms with E-state index in [4.69, 9.17) is 0 Å². The van der Waals surface area contributed by atoms with E-state index >= 15 is 0 Å². The fourth-order valence-electron chi connectivity index (χ4n) is 3.07. The average molecular weight is 269 g/mol. The summed E-state index contributed by atoms with van der Waals surface area (Å²) in [6, 6.07) is 11.6. The Bertz CT molecular complexity index is 594. The first-order valence-electron chi connectivity index (χ1n) is 7.50. The number of pyridine rings is 1. The van der Waals surface area contributed by atoms with Gasteiger partial charge in [0.25, 0.3) is 0 Å². The van der Waals surface area contributed by atoms with E-state index < -0.39 is 0 Å². The summed E-state index contributed by atoms with van der Waals surface area (Å²) in [6.45, 7) is 5.45. The van der Waals surface area contributed by atoms with Crippen molar-refractivity contribution in [1.82, 2.24) is 15.2 Å². The molecule has 0 amide bonds. The lowest BCUT2D eigenvalue weighted by Gasteiger charge is -2.32. The van der Waals surface area contributed by atoms with Gasteiger partial charge in [0.05, 0.1) is 5.52 Å². The summed E-state index contributed by atoms with van der Waals surface area (Å²) in [6.07, 6.45) is 2.59. The Morgan fingerprint density at radius 3 is 3.05 bits per heavy atom. The third-order valence-corrected chi connectivity index (χ3v) is 4.21. The molecule has 3 nitrogen and oxygen atoms in total. The molecule has 1 atom stereocenters. The highest BCUT2D eigenvalue weighted by molar-refractivity contribution is 5.79. The van der Waals surface area contributed by atoms with E-state index in [9.17, 15) is 0 Å². The summed E-state index contributed by atoms with van der Waals surface area (Å²) in [5, 5.41) is 4.65. The monoisotopic (exact) mass is 269 g/mol. The van der Waals surface area contributed by atoms with Crippen LogP contribution in [-0.4, -0.2) is 36.1 Å². The minimum atomic E-state index is 0.647. The molecule has 0 spiro atoms. The Kier molecular flexibility index (Phi) is 3.99. The SMILES string of the molecule is CNC1CCCN(Cc2ccc3nc(C)ccc3c2)C1. The highest BCUT2D eigenvalue weighted by Crippen LogP contribution is 2.18. The molecule has 1 aromatic heterocycles. The van der Waals surface area contributed by atoms with Gasteiger partial charge in [-0.25, -0.2) is 0 Å². The number of aryl methyl sites for hydroxylation is 1. The lowest BCUT2D eigenvalue weighted by atomic mass is 10.0. The lowest BCUT2D eigenvalue weighted by molar-refractivity contribution is 0.188. The van der Waals surface area contributed by atoms with Gasteiger partial charge in [0, 0.05) is 30.2 Å². The van der Waals surface area contributed by atoms with Gasteiger partial charge in [-0.1, -0.05) is 12.1 Å². The smallest absolute Gasteiger partial charge is 0.0705 e. The maximum Gasteiger partial charge on any atom is 0.0705 e. The van der Waals surface area contributed by atoms with E-state index in [1.54, 1.807) is 0 Å². The normalized spacial score (nSPS) is 20.4. The Hall–Kier alpha value is -1.45. The summed E-state index contributed by atoms with van der Waals surface area (Å²) >= 11 is 0. The molecular formula is C17H23N3. The molecule has 1 fully saturated rings. The molecule has 3 heteroatoms. The van der Waals surface area contributed by atoms with Gasteiger partial charge in [-0.2, -0.15) is 0 Å². The molecule has 1 aromatic carbocycles. The van der Waals surface area contributed by atoms with Gasteiger partial charge in [0.1, 0.15) is 0 Å². The van der Waals surface area contributed by atoms with Gasteiger partial charge in [-0.05, 0) is 57.1 Å². The van der Waals surface area contributed by atoms with Crippen LogP contribution in [0, 0.1) is 6.92 Å². The summed E-state index contributed by atoms with van der Waals surface area (Å²) in [5.41, 5.74) is 3.57. The second-order valence-electron chi connectivity index (χ2n) is 5.84. The van der Waals surface area contributed by atoms with Gasteiger partial charge < -0.3 is 5.32 Å². The number of nitrogens with one attached hydrogen (secondary N) is 1. The first-order chi connectivity index (χ1) is 9.74. The maximum atomic E-state index is 4.57. The zero-order chi connectivity index (χ0) is 13.9. The summed E-state index contributed by atoms with van der Waals surface area (Å²) in [4.78, 5) is 7.11. The molecular weight excluding hydrogens is 246 g/mol. The van der Waals surface area contributed by atoms with Crippen LogP contribution in [0.15, 0.2) is 30.3 Å². The van der Waals surface area contributed by atoms with Gasteiger partial charge >= 0.3 is 0 Å². The van der Waals surface area contributed by atoms with Crippen LogP contribution in [0.25, 0.3) is 10.9 Å². The Labute approximate surface area is 121 Å². The van der Waals surface area contributed by atoms with Crippen LogP contribution < -0.4 is 5.32 Å². The van der Waals surface area contributed by atoms with E-state index in [1.807, 2.05) is 6.92 Å². The van der Waals surface area contributed by atoms with Gasteiger partial charge in [0.2, 0.25) is 0 Å². The molecule has 0 saturated carbocycles. The Morgan fingerprint density at radius 1 is 1.30 bits per heavy atom. The molecule has 1 aliphatic heterocycles. The van der Waals surface area contributed by atoms with Crippen LogP contribution >= 0.6 is 0 Å². The molecule has 2 heterocycles. The number of fused-ring (bicyclic) bond motifs is 1. The molecule has 0 aliphatic carbocycles. The first kappa shape index (κ1) is 13.5. The standard InChI is InChI=1S/C17H23N3/c1-13-5-7-15-10-14(6-8-17(15)19-13)11-20-9-3-4-16(12-20)18-2/h5-8,10,16,18H,3-4,9,11-12H2,1-2H3. The number of likely N-dealkylation sites (N-methyl/N-ethyl adjacent to an activating group) is 1. The van der Waals surface area contributed by atoms with Crippen LogP contribution in [0.3, 0.4) is 0 Å². The Morgan fingerprint density at radius 2 is 2.20 bits per heavy atom. The molecule has 1 saturated heterocycles. The summed E-state index contributed by atoms with van der Waals surface area (Å²) < 4.78 is 0. The summed E-state index contributed by atoms with van der Waals surface area (Å²) in [5.74, 6) is 0. The molecule has 1 N–H and O–H groups in total. The van der Waals surface area contributed by atoms with Crippen LogP contribution in [-0.2, 0) is 6.54 Å². The first-order valence-corrected chi connectivity index (χ1v) is 7.50. The van der Waals surface area contributed by atoms with Crippen molar-refractivity contribution in [3.63, 3.8) is 0 Å². The fourth-order valence-corrected chi connectivity index (χ4v) is 3.07. The number of aromatic nitrogens is 1. The number of hydrogen-bond donors (Lipinski definition) is 1. The van der Waals surface area contributed by atoms with Crippen molar-refractivity contribution in [2.24, 2.45) is 0 Å². The third-order valence-electron chi connectivity index (χ3n) is 4.21.